The molecule has 6 nitrogen and oxygen atoms in total. The normalized spacial score (nSPS) is 10.5. The number of hydrogen-bond donors (Lipinski definition) is 1. The molecular weight excluding hydrogens is 314 g/mol. The molecule has 3 rings (SSSR count). The fourth-order valence-corrected chi connectivity index (χ4v) is 2.53. The van der Waals surface area contributed by atoms with Crippen LogP contribution in [0, 0.1) is 14.9 Å². The maximum Gasteiger partial charge on any atom is 0.269 e. The van der Waals surface area contributed by atoms with Crippen LogP contribution < -0.4 is 4.74 Å². The molecule has 0 spiro atoms. The number of nitrogens with one attached hydrogen (secondary N) is 1. The number of benzene rings is 2. The van der Waals surface area contributed by atoms with Gasteiger partial charge >= 0.3 is 0 Å². The van der Waals surface area contributed by atoms with E-state index in [4.69, 9.17) is 17.0 Å². The Morgan fingerprint density at radius 2 is 1.96 bits per heavy atom. The highest BCUT2D eigenvalue weighted by Crippen LogP contribution is 2.24. The second-order valence-corrected chi connectivity index (χ2v) is 5.24. The van der Waals surface area contributed by atoms with Crippen LogP contribution in [0.25, 0.3) is 16.9 Å². The number of nitro benzene ring substituents is 1. The highest BCUT2D eigenvalue weighted by Gasteiger charge is 2.08. The van der Waals surface area contributed by atoms with Crippen LogP contribution in [0.5, 0.6) is 5.75 Å². The van der Waals surface area contributed by atoms with Crippen LogP contribution in [0.4, 0.5) is 5.69 Å². The standard InChI is InChI=1S/C16H13N3O3S/c1-22-14-4-2-3-13(9-14)18-10-15(17-16(18)23)11-5-7-12(8-6-11)19(20)21/h2-10H,1H3,(H,17,23). The van der Waals surface area contributed by atoms with Crippen LogP contribution in [-0.4, -0.2) is 21.6 Å². The molecule has 1 heterocycles. The molecule has 0 aliphatic heterocycles. The van der Waals surface area contributed by atoms with Crippen LogP contribution in [0.1, 0.15) is 0 Å². The molecule has 0 saturated carbocycles. The fourth-order valence-electron chi connectivity index (χ4n) is 2.26. The molecule has 2 aromatic carbocycles. The van der Waals surface area contributed by atoms with E-state index in [0.29, 0.717) is 4.77 Å². The SMILES string of the molecule is COc1cccc(-n2cc(-c3ccc([N+](=O)[O-])cc3)[nH]c2=S)c1. The number of hydrogen-bond acceptors (Lipinski definition) is 4. The molecule has 0 aliphatic carbocycles. The van der Waals surface area contributed by atoms with E-state index in [1.807, 2.05) is 35.0 Å². The van der Waals surface area contributed by atoms with Gasteiger partial charge in [-0.1, -0.05) is 6.07 Å². The molecule has 116 valence electrons. The summed E-state index contributed by atoms with van der Waals surface area (Å²) in [4.78, 5) is 13.4. The summed E-state index contributed by atoms with van der Waals surface area (Å²) in [6.07, 6.45) is 1.86. The topological polar surface area (TPSA) is 73.1 Å². The van der Waals surface area contributed by atoms with Gasteiger partial charge in [0, 0.05) is 30.0 Å². The summed E-state index contributed by atoms with van der Waals surface area (Å²) in [6, 6.07) is 13.9. The van der Waals surface area contributed by atoms with Gasteiger partial charge in [0.25, 0.3) is 5.69 Å². The minimum Gasteiger partial charge on any atom is -0.497 e. The number of aromatic amines is 1. The maximum atomic E-state index is 10.7. The van der Waals surface area contributed by atoms with Crippen LogP contribution in [0.2, 0.25) is 0 Å². The molecule has 0 saturated heterocycles. The van der Waals surface area contributed by atoms with E-state index in [0.717, 1.165) is 22.7 Å². The molecule has 0 radical (unpaired) electrons. The molecule has 23 heavy (non-hydrogen) atoms. The van der Waals surface area contributed by atoms with E-state index in [9.17, 15) is 10.1 Å². The van der Waals surface area contributed by atoms with Crippen molar-refractivity contribution in [2.24, 2.45) is 0 Å². The number of methoxy groups -OCH3 is 1. The Morgan fingerprint density at radius 1 is 1.22 bits per heavy atom. The minimum absolute atomic E-state index is 0.0552. The highest BCUT2D eigenvalue weighted by atomic mass is 32.1. The first-order chi connectivity index (χ1) is 11.1. The first-order valence-electron chi connectivity index (χ1n) is 6.79. The molecule has 1 aromatic heterocycles. The first kappa shape index (κ1) is 15.0. The number of ether oxygens (including phenoxy) is 1. The molecule has 0 amide bonds. The Balaban J connectivity index is 2.00. The first-order valence-corrected chi connectivity index (χ1v) is 7.20. The summed E-state index contributed by atoms with van der Waals surface area (Å²) >= 11 is 5.36. The molecule has 0 fully saturated rings. The third-order valence-electron chi connectivity index (χ3n) is 3.44. The number of H-pyrrole nitrogens is 1. The predicted molar refractivity (Wildman–Crippen MR) is 89.6 cm³/mol. The monoisotopic (exact) mass is 327 g/mol. The van der Waals surface area contributed by atoms with Crippen molar-refractivity contribution in [3.05, 3.63) is 69.6 Å². The molecular formula is C16H13N3O3S. The van der Waals surface area contributed by atoms with Gasteiger partial charge < -0.3 is 9.72 Å². The molecule has 0 aliphatic rings. The smallest absolute Gasteiger partial charge is 0.269 e. The molecule has 0 bridgehead atoms. The largest absolute Gasteiger partial charge is 0.497 e. The number of imidazole rings is 1. The van der Waals surface area contributed by atoms with E-state index in [-0.39, 0.29) is 5.69 Å². The lowest BCUT2D eigenvalue weighted by atomic mass is 10.1. The van der Waals surface area contributed by atoms with Crippen molar-refractivity contribution >= 4 is 17.9 Å². The van der Waals surface area contributed by atoms with Crippen molar-refractivity contribution in [3.8, 4) is 22.7 Å². The number of aromatic nitrogens is 2. The lowest BCUT2D eigenvalue weighted by molar-refractivity contribution is -0.384. The third-order valence-corrected chi connectivity index (χ3v) is 3.74. The van der Waals surface area contributed by atoms with Gasteiger partial charge in [0.15, 0.2) is 4.77 Å². The number of nitrogens with zero attached hydrogens (tertiary/aromatic N) is 2. The van der Waals surface area contributed by atoms with Crippen molar-refractivity contribution in [2.45, 2.75) is 0 Å². The summed E-state index contributed by atoms with van der Waals surface area (Å²) in [5.74, 6) is 0.738. The van der Waals surface area contributed by atoms with E-state index in [2.05, 4.69) is 4.98 Å². The summed E-state index contributed by atoms with van der Waals surface area (Å²) < 4.78 is 7.58. The average molecular weight is 327 g/mol. The zero-order valence-corrected chi connectivity index (χ0v) is 13.0. The Labute approximate surface area is 137 Å². The van der Waals surface area contributed by atoms with Gasteiger partial charge in [-0.05, 0) is 36.5 Å². The Morgan fingerprint density at radius 3 is 2.61 bits per heavy atom. The van der Waals surface area contributed by atoms with Gasteiger partial charge in [0.1, 0.15) is 5.75 Å². The molecule has 7 heteroatoms. The number of non-ortho nitro benzene ring substituents is 1. The average Bonchev–Trinajstić information content (AvgIpc) is 2.97. The maximum absolute atomic E-state index is 10.7. The van der Waals surface area contributed by atoms with E-state index < -0.39 is 4.92 Å². The zero-order chi connectivity index (χ0) is 16.4. The lowest BCUT2D eigenvalue weighted by Crippen LogP contribution is -1.92. The molecule has 1 N–H and O–H groups in total. The lowest BCUT2D eigenvalue weighted by Gasteiger charge is -2.04. The summed E-state index contributed by atoms with van der Waals surface area (Å²) in [5.41, 5.74) is 2.54. The summed E-state index contributed by atoms with van der Waals surface area (Å²) in [5, 5.41) is 10.7. The van der Waals surface area contributed by atoms with E-state index >= 15 is 0 Å². The van der Waals surface area contributed by atoms with Gasteiger partial charge in [0.05, 0.1) is 23.4 Å². The summed E-state index contributed by atoms with van der Waals surface area (Å²) in [7, 11) is 1.61. The van der Waals surface area contributed by atoms with Gasteiger partial charge in [-0.2, -0.15) is 0 Å². The second-order valence-electron chi connectivity index (χ2n) is 4.85. The van der Waals surface area contributed by atoms with E-state index in [1.54, 1.807) is 19.2 Å². The molecule has 3 aromatic rings. The number of nitro groups is 1. The number of rotatable bonds is 4. The quantitative estimate of drug-likeness (QED) is 0.444. The van der Waals surface area contributed by atoms with Crippen molar-refractivity contribution in [1.29, 1.82) is 0 Å². The Bertz CT molecular complexity index is 913. The third kappa shape index (κ3) is 3.00. The van der Waals surface area contributed by atoms with Gasteiger partial charge in [-0.15, -0.1) is 0 Å². The Hall–Kier alpha value is -2.93. The van der Waals surface area contributed by atoms with E-state index in [1.165, 1.54) is 12.1 Å². The van der Waals surface area contributed by atoms with Crippen molar-refractivity contribution in [2.75, 3.05) is 7.11 Å². The van der Waals surface area contributed by atoms with Crippen LogP contribution >= 0.6 is 12.2 Å². The Kier molecular flexibility index (Phi) is 3.94. The van der Waals surface area contributed by atoms with Gasteiger partial charge in [-0.3, -0.25) is 14.7 Å². The van der Waals surface area contributed by atoms with Crippen molar-refractivity contribution in [1.82, 2.24) is 9.55 Å². The van der Waals surface area contributed by atoms with Gasteiger partial charge in [0.2, 0.25) is 0 Å². The predicted octanol–water partition coefficient (Wildman–Crippen LogP) is 4.12. The van der Waals surface area contributed by atoms with Crippen molar-refractivity contribution < 1.29 is 9.66 Å². The second kappa shape index (κ2) is 6.05. The minimum atomic E-state index is -0.423. The van der Waals surface area contributed by atoms with Gasteiger partial charge in [-0.25, -0.2) is 0 Å². The summed E-state index contributed by atoms with van der Waals surface area (Å²) in [6.45, 7) is 0. The van der Waals surface area contributed by atoms with Crippen LogP contribution in [-0.2, 0) is 0 Å². The zero-order valence-electron chi connectivity index (χ0n) is 12.2. The van der Waals surface area contributed by atoms with Crippen LogP contribution in [0.3, 0.4) is 0 Å². The van der Waals surface area contributed by atoms with Crippen LogP contribution in [0.15, 0.2) is 54.7 Å². The highest BCUT2D eigenvalue weighted by molar-refractivity contribution is 7.71. The van der Waals surface area contributed by atoms with Crippen molar-refractivity contribution in [3.63, 3.8) is 0 Å². The molecule has 0 unspecified atom stereocenters. The molecule has 0 atom stereocenters. The fraction of sp³-hybridized carbons (Fsp3) is 0.0625.